The van der Waals surface area contributed by atoms with Gasteiger partial charge < -0.3 is 16.0 Å². The molecule has 0 radical (unpaired) electrons. The second kappa shape index (κ2) is 7.30. The predicted molar refractivity (Wildman–Crippen MR) is 98.3 cm³/mol. The lowest BCUT2D eigenvalue weighted by atomic mass is 9.84. The van der Waals surface area contributed by atoms with Crippen LogP contribution in [0.25, 0.3) is 0 Å². The van der Waals surface area contributed by atoms with E-state index in [1.165, 1.54) is 11.0 Å². The molecule has 1 aromatic carbocycles. The Morgan fingerprint density at radius 2 is 2.07 bits per heavy atom. The molecule has 142 valence electrons. The van der Waals surface area contributed by atoms with E-state index in [1.54, 1.807) is 24.4 Å². The maximum Gasteiger partial charge on any atom is 0.312 e. The third-order valence-corrected chi connectivity index (χ3v) is 4.74. The molecule has 3 N–H and O–H groups in total. The topological polar surface area (TPSA) is 101 Å². The fourth-order valence-corrected chi connectivity index (χ4v) is 3.12. The summed E-state index contributed by atoms with van der Waals surface area (Å²) in [6, 6.07) is 6.67. The minimum absolute atomic E-state index is 0.213. The summed E-state index contributed by atoms with van der Waals surface area (Å²) in [6.45, 7) is 4.92. The molecule has 2 heterocycles. The molecular weight excluding hydrogens is 349 g/mol. The molecule has 0 bridgehead atoms. The van der Waals surface area contributed by atoms with Crippen molar-refractivity contribution in [1.82, 2.24) is 14.9 Å². The molecule has 0 spiro atoms. The Labute approximate surface area is 156 Å². The van der Waals surface area contributed by atoms with Gasteiger partial charge in [-0.1, -0.05) is 32.0 Å². The molecule has 0 aliphatic carbocycles. The first kappa shape index (κ1) is 18.8. The van der Waals surface area contributed by atoms with E-state index in [2.05, 4.69) is 15.3 Å². The van der Waals surface area contributed by atoms with Crippen molar-refractivity contribution in [3.8, 4) is 0 Å². The second-order valence-corrected chi connectivity index (χ2v) is 7.22. The molecule has 8 heteroatoms. The number of nitrogens with two attached hydrogens (primary N) is 1. The summed E-state index contributed by atoms with van der Waals surface area (Å²) in [5, 5.41) is 3.14. The summed E-state index contributed by atoms with van der Waals surface area (Å²) < 4.78 is 14.1. The number of hydrogen-bond acceptors (Lipinski definition) is 5. The highest BCUT2D eigenvalue weighted by molar-refractivity contribution is 6.34. The van der Waals surface area contributed by atoms with Gasteiger partial charge in [0, 0.05) is 24.7 Å². The summed E-state index contributed by atoms with van der Waals surface area (Å²) in [4.78, 5) is 33.1. The zero-order valence-electron chi connectivity index (χ0n) is 15.3. The third-order valence-electron chi connectivity index (χ3n) is 4.74. The van der Waals surface area contributed by atoms with E-state index in [0.29, 0.717) is 36.7 Å². The Morgan fingerprint density at radius 3 is 2.78 bits per heavy atom. The Balaban J connectivity index is 1.72. The van der Waals surface area contributed by atoms with Crippen LogP contribution in [0, 0.1) is 5.82 Å². The summed E-state index contributed by atoms with van der Waals surface area (Å²) in [5.74, 6) is -1.55. The number of amides is 2. The minimum atomic E-state index is -0.975. The molecule has 3 rings (SSSR count). The van der Waals surface area contributed by atoms with E-state index in [0.717, 1.165) is 5.56 Å². The maximum atomic E-state index is 14.1. The number of rotatable bonds is 4. The number of carbonyl (C=O) groups is 2. The Kier molecular flexibility index (Phi) is 5.07. The molecule has 1 aliphatic rings. The van der Waals surface area contributed by atoms with Crippen molar-refractivity contribution in [1.29, 1.82) is 0 Å². The van der Waals surface area contributed by atoms with Crippen LogP contribution in [0.15, 0.2) is 30.5 Å². The van der Waals surface area contributed by atoms with Gasteiger partial charge in [0.15, 0.2) is 0 Å². The molecule has 2 aromatic rings. The lowest BCUT2D eigenvalue weighted by molar-refractivity contribution is -0.144. The van der Waals surface area contributed by atoms with Gasteiger partial charge in [0.05, 0.1) is 12.2 Å². The van der Waals surface area contributed by atoms with Gasteiger partial charge >= 0.3 is 11.8 Å². The molecule has 0 unspecified atom stereocenters. The lowest BCUT2D eigenvalue weighted by Gasteiger charge is -2.28. The number of aromatic nitrogens is 2. The van der Waals surface area contributed by atoms with Gasteiger partial charge in [-0.05, 0) is 23.6 Å². The number of anilines is 1. The first-order valence-electron chi connectivity index (χ1n) is 8.70. The van der Waals surface area contributed by atoms with Gasteiger partial charge in [0.2, 0.25) is 5.95 Å². The van der Waals surface area contributed by atoms with E-state index in [9.17, 15) is 14.0 Å². The highest BCUT2D eigenvalue weighted by Crippen LogP contribution is 2.26. The van der Waals surface area contributed by atoms with Crippen LogP contribution in [0.1, 0.15) is 30.7 Å². The highest BCUT2D eigenvalue weighted by atomic mass is 19.1. The van der Waals surface area contributed by atoms with Gasteiger partial charge in [-0.25, -0.2) is 14.4 Å². The van der Waals surface area contributed by atoms with E-state index in [-0.39, 0.29) is 12.4 Å². The normalized spacial score (nSPS) is 13.8. The SMILES string of the molecule is CC(C)(CNc1ncc2c(n1)CN(C(=O)C(N)=O)CC2)c1ccccc1F. The summed E-state index contributed by atoms with van der Waals surface area (Å²) >= 11 is 0. The van der Waals surface area contributed by atoms with Crippen molar-refractivity contribution in [2.45, 2.75) is 32.2 Å². The second-order valence-electron chi connectivity index (χ2n) is 7.22. The number of hydrogen-bond donors (Lipinski definition) is 2. The minimum Gasteiger partial charge on any atom is -0.361 e. The standard InChI is InChI=1S/C19H22FN5O2/c1-19(2,13-5-3-4-6-14(13)20)11-23-18-22-9-12-7-8-25(10-15(12)24-18)17(27)16(21)26/h3-6,9H,7-8,10-11H2,1-2H3,(H2,21,26)(H,22,23,24). The number of fused-ring (bicyclic) bond motifs is 1. The van der Waals surface area contributed by atoms with Crippen molar-refractivity contribution in [3.63, 3.8) is 0 Å². The maximum absolute atomic E-state index is 14.1. The average Bonchev–Trinajstić information content (AvgIpc) is 2.65. The number of primary amides is 1. The van der Waals surface area contributed by atoms with Crippen LogP contribution in [0.5, 0.6) is 0 Å². The average molecular weight is 371 g/mol. The molecule has 0 fully saturated rings. The monoisotopic (exact) mass is 371 g/mol. The third kappa shape index (κ3) is 4.05. The molecule has 7 nitrogen and oxygen atoms in total. The van der Waals surface area contributed by atoms with Crippen LogP contribution in [0.3, 0.4) is 0 Å². The van der Waals surface area contributed by atoms with E-state index in [4.69, 9.17) is 5.73 Å². The van der Waals surface area contributed by atoms with Gasteiger partial charge in [0.1, 0.15) is 5.82 Å². The van der Waals surface area contributed by atoms with Crippen LogP contribution in [-0.2, 0) is 28.0 Å². The molecule has 0 atom stereocenters. The molecule has 27 heavy (non-hydrogen) atoms. The number of benzene rings is 1. The lowest BCUT2D eigenvalue weighted by Crippen LogP contribution is -2.43. The van der Waals surface area contributed by atoms with Gasteiger partial charge in [0.25, 0.3) is 0 Å². The number of nitrogens with one attached hydrogen (secondary N) is 1. The summed E-state index contributed by atoms with van der Waals surface area (Å²) in [5.41, 5.74) is 6.82. The van der Waals surface area contributed by atoms with Crippen LogP contribution in [0.4, 0.5) is 10.3 Å². The molecule has 0 saturated heterocycles. The van der Waals surface area contributed by atoms with Crippen LogP contribution in [-0.4, -0.2) is 39.8 Å². The van der Waals surface area contributed by atoms with Crippen molar-refractivity contribution in [2.75, 3.05) is 18.4 Å². The number of halogens is 1. The number of carbonyl (C=O) groups excluding carboxylic acids is 2. The Morgan fingerprint density at radius 1 is 1.33 bits per heavy atom. The zero-order chi connectivity index (χ0) is 19.6. The van der Waals surface area contributed by atoms with E-state index >= 15 is 0 Å². The van der Waals surface area contributed by atoms with Crippen LogP contribution in [0.2, 0.25) is 0 Å². The van der Waals surface area contributed by atoms with Crippen LogP contribution >= 0.6 is 0 Å². The molecule has 1 aromatic heterocycles. The van der Waals surface area contributed by atoms with Crippen molar-refractivity contribution in [2.24, 2.45) is 5.73 Å². The summed E-state index contributed by atoms with van der Waals surface area (Å²) in [7, 11) is 0. The quantitative estimate of drug-likeness (QED) is 0.791. The van der Waals surface area contributed by atoms with E-state index in [1.807, 2.05) is 13.8 Å². The predicted octanol–water partition coefficient (Wildman–Crippen LogP) is 1.38. The van der Waals surface area contributed by atoms with Crippen LogP contribution < -0.4 is 11.1 Å². The van der Waals surface area contributed by atoms with Crippen molar-refractivity contribution < 1.29 is 14.0 Å². The zero-order valence-corrected chi connectivity index (χ0v) is 15.3. The fourth-order valence-electron chi connectivity index (χ4n) is 3.12. The van der Waals surface area contributed by atoms with Gasteiger partial charge in [-0.2, -0.15) is 0 Å². The Bertz CT molecular complexity index is 884. The first-order chi connectivity index (χ1) is 12.8. The fraction of sp³-hybridized carbons (Fsp3) is 0.368. The van der Waals surface area contributed by atoms with Crippen molar-refractivity contribution in [3.05, 3.63) is 53.1 Å². The smallest absolute Gasteiger partial charge is 0.312 e. The van der Waals surface area contributed by atoms with E-state index < -0.39 is 17.2 Å². The van der Waals surface area contributed by atoms with Crippen molar-refractivity contribution >= 4 is 17.8 Å². The molecule has 0 saturated carbocycles. The molecule has 2 amide bonds. The summed E-state index contributed by atoms with van der Waals surface area (Å²) in [6.07, 6.45) is 2.28. The Hall–Kier alpha value is -3.03. The highest BCUT2D eigenvalue weighted by Gasteiger charge is 2.27. The largest absolute Gasteiger partial charge is 0.361 e. The number of nitrogens with zero attached hydrogens (tertiary/aromatic N) is 3. The molecule has 1 aliphatic heterocycles. The van der Waals surface area contributed by atoms with Gasteiger partial charge in [-0.15, -0.1) is 0 Å². The first-order valence-corrected chi connectivity index (χ1v) is 8.70. The van der Waals surface area contributed by atoms with Gasteiger partial charge in [-0.3, -0.25) is 9.59 Å². The molecular formula is C19H22FN5O2.